The van der Waals surface area contributed by atoms with Gasteiger partial charge in [-0.2, -0.15) is 0 Å². The molecule has 4 nitrogen and oxygen atoms in total. The van der Waals surface area contributed by atoms with Crippen molar-refractivity contribution in [1.82, 2.24) is 0 Å². The Balaban J connectivity index is 3.50. The first kappa shape index (κ1) is 21.0. The van der Waals surface area contributed by atoms with E-state index in [1.807, 2.05) is 13.8 Å². The predicted molar refractivity (Wildman–Crippen MR) is 96.1 cm³/mol. The first-order valence-electron chi connectivity index (χ1n) is 9.89. The minimum atomic E-state index is -1.13. The number of aliphatic carboxylic acids is 2. The molecule has 2 unspecified atom stereocenters. The second-order valence-corrected chi connectivity index (χ2v) is 7.60. The molecule has 0 heterocycles. The van der Waals surface area contributed by atoms with Crippen molar-refractivity contribution >= 4 is 11.9 Å². The maximum atomic E-state index is 12.6. The van der Waals surface area contributed by atoms with Crippen LogP contribution in [-0.2, 0) is 9.59 Å². The molecule has 0 bridgehead atoms. The molecule has 0 amide bonds. The SMILES string of the molecule is CCCCC(CCC)(C(=O)O)C(CCCC)(C(=O)O)C1CCCC1. The molecule has 0 aromatic rings. The molecular formula is C20H36O4. The zero-order chi connectivity index (χ0) is 18.2. The van der Waals surface area contributed by atoms with Crippen LogP contribution in [0.4, 0.5) is 0 Å². The number of carbonyl (C=O) groups is 2. The van der Waals surface area contributed by atoms with Gasteiger partial charge in [-0.15, -0.1) is 0 Å². The molecule has 1 fully saturated rings. The van der Waals surface area contributed by atoms with Crippen molar-refractivity contribution in [2.75, 3.05) is 0 Å². The highest BCUT2D eigenvalue weighted by Gasteiger charge is 2.63. The zero-order valence-electron chi connectivity index (χ0n) is 15.8. The highest BCUT2D eigenvalue weighted by atomic mass is 16.4. The summed E-state index contributed by atoms with van der Waals surface area (Å²) in [6.45, 7) is 6.07. The van der Waals surface area contributed by atoms with Crippen molar-refractivity contribution in [1.29, 1.82) is 0 Å². The summed E-state index contributed by atoms with van der Waals surface area (Å²) in [6.07, 6.45) is 9.31. The summed E-state index contributed by atoms with van der Waals surface area (Å²) in [5.74, 6) is -1.75. The van der Waals surface area contributed by atoms with E-state index in [4.69, 9.17) is 0 Å². The molecule has 4 heteroatoms. The number of carboxylic acid groups (broad SMARTS) is 2. The third-order valence-electron chi connectivity index (χ3n) is 6.26. The van der Waals surface area contributed by atoms with Crippen LogP contribution < -0.4 is 0 Å². The van der Waals surface area contributed by atoms with Gasteiger partial charge in [0.1, 0.15) is 0 Å². The Morgan fingerprint density at radius 2 is 1.38 bits per heavy atom. The molecule has 140 valence electrons. The molecule has 1 rings (SSSR count). The third kappa shape index (κ3) is 3.78. The summed E-state index contributed by atoms with van der Waals surface area (Å²) in [4.78, 5) is 25.2. The lowest BCUT2D eigenvalue weighted by molar-refractivity contribution is -0.185. The standard InChI is InChI=1S/C20H36O4/c1-4-7-14-19(13-6-3,17(21)22)20(18(23)24,15-8-5-2)16-11-9-10-12-16/h16H,4-15H2,1-3H3,(H,21,22)(H,23,24). The first-order chi connectivity index (χ1) is 11.4. The van der Waals surface area contributed by atoms with Crippen molar-refractivity contribution in [2.45, 2.75) is 97.8 Å². The fourth-order valence-corrected chi connectivity index (χ4v) is 5.08. The summed E-state index contributed by atoms with van der Waals surface area (Å²) >= 11 is 0. The largest absolute Gasteiger partial charge is 0.481 e. The van der Waals surface area contributed by atoms with Gasteiger partial charge in [0.2, 0.25) is 0 Å². The van der Waals surface area contributed by atoms with Crippen LogP contribution >= 0.6 is 0 Å². The summed E-state index contributed by atoms with van der Waals surface area (Å²) in [5.41, 5.74) is -2.25. The Labute approximate surface area is 147 Å². The average molecular weight is 341 g/mol. The summed E-state index contributed by atoms with van der Waals surface area (Å²) < 4.78 is 0. The van der Waals surface area contributed by atoms with Crippen molar-refractivity contribution in [2.24, 2.45) is 16.7 Å². The van der Waals surface area contributed by atoms with Gasteiger partial charge in [-0.05, 0) is 38.0 Å². The molecule has 1 aliphatic rings. The van der Waals surface area contributed by atoms with Gasteiger partial charge >= 0.3 is 11.9 Å². The van der Waals surface area contributed by atoms with E-state index in [0.29, 0.717) is 25.7 Å². The molecule has 1 aliphatic carbocycles. The number of hydrogen-bond acceptors (Lipinski definition) is 2. The highest BCUT2D eigenvalue weighted by molar-refractivity contribution is 5.87. The lowest BCUT2D eigenvalue weighted by Gasteiger charge is -2.49. The van der Waals surface area contributed by atoms with Gasteiger partial charge in [-0.25, -0.2) is 0 Å². The van der Waals surface area contributed by atoms with Crippen molar-refractivity contribution in [3.05, 3.63) is 0 Å². The van der Waals surface area contributed by atoms with Crippen molar-refractivity contribution < 1.29 is 19.8 Å². The predicted octanol–water partition coefficient (Wildman–Crippen LogP) is 5.50. The Bertz CT molecular complexity index is 414. The Kier molecular flexibility index (Phi) is 8.24. The van der Waals surface area contributed by atoms with E-state index in [9.17, 15) is 19.8 Å². The van der Waals surface area contributed by atoms with Crippen LogP contribution in [-0.4, -0.2) is 22.2 Å². The fraction of sp³-hybridized carbons (Fsp3) is 0.900. The lowest BCUT2D eigenvalue weighted by atomic mass is 9.51. The third-order valence-corrected chi connectivity index (χ3v) is 6.26. The van der Waals surface area contributed by atoms with Crippen LogP contribution in [0, 0.1) is 16.7 Å². The Hall–Kier alpha value is -1.06. The maximum Gasteiger partial charge on any atom is 0.311 e. The van der Waals surface area contributed by atoms with E-state index < -0.39 is 22.8 Å². The average Bonchev–Trinajstić information content (AvgIpc) is 3.07. The van der Waals surface area contributed by atoms with E-state index >= 15 is 0 Å². The van der Waals surface area contributed by atoms with Gasteiger partial charge in [0, 0.05) is 0 Å². The van der Waals surface area contributed by atoms with Gasteiger partial charge in [0.15, 0.2) is 0 Å². The van der Waals surface area contributed by atoms with E-state index in [1.165, 1.54) is 0 Å². The quantitative estimate of drug-likeness (QED) is 0.492. The number of hydrogen-bond donors (Lipinski definition) is 2. The molecular weight excluding hydrogens is 304 g/mol. The van der Waals surface area contributed by atoms with Crippen LogP contribution in [0.3, 0.4) is 0 Å². The topological polar surface area (TPSA) is 74.6 Å². The van der Waals surface area contributed by atoms with Crippen molar-refractivity contribution in [3.63, 3.8) is 0 Å². The highest BCUT2D eigenvalue weighted by Crippen LogP contribution is 2.58. The molecule has 0 aliphatic heterocycles. The van der Waals surface area contributed by atoms with Crippen LogP contribution in [0.5, 0.6) is 0 Å². The molecule has 1 saturated carbocycles. The van der Waals surface area contributed by atoms with E-state index in [-0.39, 0.29) is 5.92 Å². The second-order valence-electron chi connectivity index (χ2n) is 7.60. The Morgan fingerprint density at radius 3 is 1.79 bits per heavy atom. The summed E-state index contributed by atoms with van der Waals surface area (Å²) in [6, 6.07) is 0. The number of carboxylic acids is 2. The molecule has 24 heavy (non-hydrogen) atoms. The van der Waals surface area contributed by atoms with Gasteiger partial charge in [0.05, 0.1) is 10.8 Å². The molecule has 2 atom stereocenters. The van der Waals surface area contributed by atoms with Crippen LogP contribution in [0.2, 0.25) is 0 Å². The normalized spacial score (nSPS) is 20.5. The molecule has 0 spiro atoms. The maximum absolute atomic E-state index is 12.6. The second kappa shape index (κ2) is 9.43. The Morgan fingerprint density at radius 1 is 0.833 bits per heavy atom. The van der Waals surface area contributed by atoms with Gasteiger partial charge in [-0.1, -0.05) is 65.7 Å². The molecule has 0 aromatic carbocycles. The summed E-state index contributed by atoms with van der Waals surface area (Å²) in [7, 11) is 0. The minimum Gasteiger partial charge on any atom is -0.481 e. The molecule has 0 radical (unpaired) electrons. The van der Waals surface area contributed by atoms with E-state index in [2.05, 4.69) is 6.92 Å². The molecule has 2 N–H and O–H groups in total. The van der Waals surface area contributed by atoms with E-state index in [1.54, 1.807) is 0 Å². The fourth-order valence-electron chi connectivity index (χ4n) is 5.08. The molecule has 0 saturated heterocycles. The number of rotatable bonds is 12. The first-order valence-corrected chi connectivity index (χ1v) is 9.89. The monoisotopic (exact) mass is 340 g/mol. The van der Waals surface area contributed by atoms with Gasteiger partial charge in [0.25, 0.3) is 0 Å². The van der Waals surface area contributed by atoms with Gasteiger partial charge in [-0.3, -0.25) is 9.59 Å². The van der Waals surface area contributed by atoms with E-state index in [0.717, 1.165) is 51.4 Å². The van der Waals surface area contributed by atoms with Crippen LogP contribution in [0.25, 0.3) is 0 Å². The number of unbranched alkanes of at least 4 members (excludes halogenated alkanes) is 2. The summed E-state index contributed by atoms with van der Waals surface area (Å²) in [5, 5.41) is 20.6. The molecule has 0 aromatic heterocycles. The minimum absolute atomic E-state index is 0.000978. The van der Waals surface area contributed by atoms with Gasteiger partial charge < -0.3 is 10.2 Å². The van der Waals surface area contributed by atoms with Crippen LogP contribution in [0.15, 0.2) is 0 Å². The van der Waals surface area contributed by atoms with Crippen LogP contribution in [0.1, 0.15) is 97.8 Å². The smallest absolute Gasteiger partial charge is 0.311 e. The lowest BCUT2D eigenvalue weighted by Crippen LogP contribution is -2.56. The zero-order valence-corrected chi connectivity index (χ0v) is 15.8. The van der Waals surface area contributed by atoms with Crippen molar-refractivity contribution in [3.8, 4) is 0 Å².